The Morgan fingerprint density at radius 3 is 2.40 bits per heavy atom. The van der Waals surface area contributed by atoms with E-state index in [-0.39, 0.29) is 21.4 Å². The summed E-state index contributed by atoms with van der Waals surface area (Å²) in [6.45, 7) is 10.0. The number of fused-ring (bicyclic) bond motifs is 1. The fraction of sp³-hybridized carbons (Fsp3) is 0.529. The van der Waals surface area contributed by atoms with Crippen LogP contribution in [0, 0.1) is 28.5 Å². The fourth-order valence-electron chi connectivity index (χ4n) is 4.02. The molecule has 0 saturated carbocycles. The molecule has 1 N–H and O–H groups in total. The Balaban J connectivity index is 2.94. The summed E-state index contributed by atoms with van der Waals surface area (Å²) in [4.78, 5) is 16.1. The van der Waals surface area contributed by atoms with Crippen LogP contribution in [-0.2, 0) is 10.8 Å². The molecule has 0 fully saturated rings. The average molecular weight is 425 g/mol. The smallest absolute Gasteiger partial charge is 0.271 e. The number of nitro benzene ring substituents is 1. The first-order chi connectivity index (χ1) is 11.5. The third kappa shape index (κ3) is 3.27. The molecule has 6 nitrogen and oxygen atoms in total. The summed E-state index contributed by atoms with van der Waals surface area (Å²) in [5.74, 6) is 0. The van der Waals surface area contributed by atoms with Crippen LogP contribution in [0.5, 0.6) is 0 Å². The molecule has 25 heavy (non-hydrogen) atoms. The predicted molar refractivity (Wildman–Crippen MR) is 106 cm³/mol. The van der Waals surface area contributed by atoms with E-state index in [1.165, 1.54) is 11.8 Å². The van der Waals surface area contributed by atoms with Gasteiger partial charge in [0.15, 0.2) is 11.4 Å². The maximum absolute atomic E-state index is 11.9. The second kappa shape index (κ2) is 6.61. The number of hydrogen-bond donors (Lipinski definition) is 1. The largest absolute Gasteiger partial charge is 0.278 e. The second-order valence-electron chi connectivity index (χ2n) is 7.45. The van der Waals surface area contributed by atoms with Gasteiger partial charge in [-0.3, -0.25) is 15.4 Å². The quantitative estimate of drug-likeness (QED) is 0.179. The molecule has 1 aliphatic carbocycles. The number of aliphatic imine (C=N–C) groups is 1. The van der Waals surface area contributed by atoms with Gasteiger partial charge < -0.3 is 0 Å². The highest BCUT2D eigenvalue weighted by molar-refractivity contribution is 9.10. The van der Waals surface area contributed by atoms with E-state index < -0.39 is 0 Å². The molecule has 2 rings (SSSR count). The molecule has 8 heteroatoms. The topological polar surface area (TPSA) is 91.3 Å². The molecular formula is C17H21BrN4O2S. The van der Waals surface area contributed by atoms with E-state index in [1.54, 1.807) is 13.2 Å². The van der Waals surface area contributed by atoms with Crippen molar-refractivity contribution >= 4 is 44.2 Å². The van der Waals surface area contributed by atoms with Crippen LogP contribution in [0.15, 0.2) is 9.47 Å². The van der Waals surface area contributed by atoms with Gasteiger partial charge in [-0.25, -0.2) is 4.99 Å². The number of nitrogens with zero attached hydrogens (tertiary/aromatic N) is 3. The van der Waals surface area contributed by atoms with E-state index >= 15 is 0 Å². The molecule has 0 radical (unpaired) electrons. The number of nitrogens with one attached hydrogen (secondary N) is 1. The van der Waals surface area contributed by atoms with Gasteiger partial charge in [0.1, 0.15) is 0 Å². The molecule has 0 aliphatic heterocycles. The lowest BCUT2D eigenvalue weighted by atomic mass is 9.81. The summed E-state index contributed by atoms with van der Waals surface area (Å²) in [6, 6.07) is 0. The van der Waals surface area contributed by atoms with E-state index in [0.717, 1.165) is 22.0 Å². The van der Waals surface area contributed by atoms with Crippen LogP contribution in [0.3, 0.4) is 0 Å². The van der Waals surface area contributed by atoms with Crippen LogP contribution < -0.4 is 5.32 Å². The van der Waals surface area contributed by atoms with Gasteiger partial charge in [-0.2, -0.15) is 5.26 Å². The van der Waals surface area contributed by atoms with Gasteiger partial charge in [0.05, 0.1) is 16.2 Å². The fourth-order valence-corrected chi connectivity index (χ4v) is 5.47. The average Bonchev–Trinajstić information content (AvgIpc) is 2.66. The van der Waals surface area contributed by atoms with Crippen LogP contribution in [0.4, 0.5) is 11.4 Å². The summed E-state index contributed by atoms with van der Waals surface area (Å²) in [6.07, 6.45) is 4.45. The number of thioether (sulfide) groups is 1. The summed E-state index contributed by atoms with van der Waals surface area (Å²) < 4.78 is 0.771. The molecule has 0 unspecified atom stereocenters. The highest BCUT2D eigenvalue weighted by Gasteiger charge is 2.49. The van der Waals surface area contributed by atoms with Gasteiger partial charge in [-0.15, -0.1) is 0 Å². The molecule has 0 heterocycles. The van der Waals surface area contributed by atoms with Crippen molar-refractivity contribution in [3.63, 3.8) is 0 Å². The van der Waals surface area contributed by atoms with E-state index in [1.807, 2.05) is 20.0 Å². The first-order valence-electron chi connectivity index (χ1n) is 7.77. The third-order valence-electron chi connectivity index (χ3n) is 4.61. The lowest BCUT2D eigenvalue weighted by Gasteiger charge is -2.22. The van der Waals surface area contributed by atoms with Gasteiger partial charge in [0, 0.05) is 10.0 Å². The van der Waals surface area contributed by atoms with E-state index in [2.05, 4.69) is 40.1 Å². The standard InChI is InChI=1S/C17H21BrN4O2S/c1-9-13(21-15(25-6)20-8-19)12(18)10-11(14(9)22(23)24)17(4,5)7-16(10,2)3/h7H2,1-6H3,(H,20,21). The van der Waals surface area contributed by atoms with E-state index in [4.69, 9.17) is 5.26 Å². The van der Waals surface area contributed by atoms with Gasteiger partial charge in [0.25, 0.3) is 5.69 Å². The van der Waals surface area contributed by atoms with Crippen LogP contribution >= 0.6 is 27.7 Å². The molecular weight excluding hydrogens is 404 g/mol. The molecule has 0 saturated heterocycles. The maximum Gasteiger partial charge on any atom is 0.278 e. The minimum absolute atomic E-state index is 0.130. The Morgan fingerprint density at radius 2 is 1.92 bits per heavy atom. The first kappa shape index (κ1) is 19.7. The van der Waals surface area contributed by atoms with Crippen molar-refractivity contribution in [1.82, 2.24) is 5.32 Å². The Hall–Kier alpha value is -1.59. The van der Waals surface area contributed by atoms with Gasteiger partial charge >= 0.3 is 0 Å². The van der Waals surface area contributed by atoms with Crippen molar-refractivity contribution in [3.8, 4) is 6.19 Å². The van der Waals surface area contributed by atoms with Crippen molar-refractivity contribution < 1.29 is 4.92 Å². The van der Waals surface area contributed by atoms with Gasteiger partial charge in [-0.05, 0) is 51.9 Å². The number of amidine groups is 1. The third-order valence-corrected chi connectivity index (χ3v) is 5.97. The summed E-state index contributed by atoms with van der Waals surface area (Å²) in [5, 5.41) is 23.7. The SMILES string of the molecule is CSC(=Nc1c(C)c([N+](=O)[O-])c2c(c1Br)C(C)(C)CC2(C)C)NC#N. The molecule has 1 aliphatic rings. The van der Waals surface area contributed by atoms with E-state index in [9.17, 15) is 10.1 Å². The van der Waals surface area contributed by atoms with Crippen molar-refractivity contribution in [2.45, 2.75) is 51.9 Å². The van der Waals surface area contributed by atoms with Gasteiger partial charge in [0.2, 0.25) is 0 Å². The predicted octanol–water partition coefficient (Wildman–Crippen LogP) is 5.05. The molecule has 0 spiro atoms. The highest BCUT2D eigenvalue weighted by Crippen LogP contribution is 2.58. The molecule has 0 bridgehead atoms. The minimum atomic E-state index is -0.306. The van der Waals surface area contributed by atoms with Crippen LogP contribution in [0.2, 0.25) is 0 Å². The molecule has 1 aromatic rings. The highest BCUT2D eigenvalue weighted by atomic mass is 79.9. The lowest BCUT2D eigenvalue weighted by Crippen LogP contribution is -2.18. The van der Waals surface area contributed by atoms with Gasteiger partial charge in [-0.1, -0.05) is 39.5 Å². The number of hydrogen-bond acceptors (Lipinski definition) is 5. The van der Waals surface area contributed by atoms with Crippen LogP contribution in [0.1, 0.15) is 50.8 Å². The first-order valence-corrected chi connectivity index (χ1v) is 9.79. The summed E-state index contributed by atoms with van der Waals surface area (Å²) in [5.41, 5.74) is 2.34. The second-order valence-corrected chi connectivity index (χ2v) is 9.03. The molecule has 0 aromatic heterocycles. The molecule has 0 atom stereocenters. The zero-order chi connectivity index (χ0) is 19.2. The van der Waals surface area contributed by atoms with Crippen molar-refractivity contribution in [1.29, 1.82) is 5.26 Å². The Kier molecular flexibility index (Phi) is 5.22. The van der Waals surface area contributed by atoms with Crippen LogP contribution in [-0.4, -0.2) is 16.3 Å². The van der Waals surface area contributed by atoms with E-state index in [0.29, 0.717) is 16.4 Å². The van der Waals surface area contributed by atoms with Crippen LogP contribution in [0.25, 0.3) is 0 Å². The zero-order valence-corrected chi connectivity index (χ0v) is 17.6. The Labute approximate surface area is 160 Å². The normalized spacial score (nSPS) is 17.8. The maximum atomic E-state index is 11.9. The summed E-state index contributed by atoms with van der Waals surface area (Å²) in [7, 11) is 0. The van der Waals surface area contributed by atoms with Crippen molar-refractivity contribution in [2.24, 2.45) is 4.99 Å². The number of halogens is 1. The number of rotatable bonds is 2. The molecule has 134 valence electrons. The molecule has 1 aromatic carbocycles. The lowest BCUT2D eigenvalue weighted by molar-refractivity contribution is -0.386. The monoisotopic (exact) mass is 424 g/mol. The number of benzene rings is 1. The Bertz CT molecular complexity index is 825. The number of nitro groups is 1. The number of nitriles is 1. The van der Waals surface area contributed by atoms with Crippen molar-refractivity contribution in [3.05, 3.63) is 31.3 Å². The van der Waals surface area contributed by atoms with Crippen molar-refractivity contribution in [2.75, 3.05) is 6.26 Å². The Morgan fingerprint density at radius 1 is 1.36 bits per heavy atom. The summed E-state index contributed by atoms with van der Waals surface area (Å²) >= 11 is 4.93. The molecule has 0 amide bonds. The minimum Gasteiger partial charge on any atom is -0.271 e. The zero-order valence-electron chi connectivity index (χ0n) is 15.2.